The number of methoxy groups -OCH3 is 1. The minimum absolute atomic E-state index is 0.0364. The number of carbonyl (C=O) groups excluding carboxylic acids is 4. The van der Waals surface area contributed by atoms with Crippen LogP contribution in [0.3, 0.4) is 0 Å². The normalized spacial score (nSPS) is 21.6. The lowest BCUT2D eigenvalue weighted by atomic mass is 9.84. The van der Waals surface area contributed by atoms with Gasteiger partial charge in [-0.1, -0.05) is 81.5 Å². The number of aromatic nitrogens is 2. The van der Waals surface area contributed by atoms with E-state index in [1.165, 1.54) is 9.91 Å². The molecule has 0 spiro atoms. The Balaban J connectivity index is 1.00. The summed E-state index contributed by atoms with van der Waals surface area (Å²) < 4.78 is 47.8. The average molecular weight is 1200 g/mol. The van der Waals surface area contributed by atoms with Gasteiger partial charge < -0.3 is 39.8 Å². The first-order chi connectivity index (χ1) is 41.5. The number of amides is 3. The number of hydrogen-bond acceptors (Lipinski definition) is 14. The number of aromatic hydroxyl groups is 1. The number of pyridine rings is 1. The van der Waals surface area contributed by atoms with E-state index in [0.29, 0.717) is 97.9 Å². The van der Waals surface area contributed by atoms with E-state index in [4.69, 9.17) is 24.9 Å². The first-order valence-corrected chi connectivity index (χ1v) is 31.9. The molecule has 87 heavy (non-hydrogen) atoms. The fraction of sp³-hybridized carbons (Fsp3) is 0.456. The number of hydrogen-bond donors (Lipinski definition) is 4. The van der Waals surface area contributed by atoms with Crippen LogP contribution in [-0.4, -0.2) is 145 Å². The monoisotopic (exact) mass is 1200 g/mol. The lowest BCUT2D eigenvalue weighted by Gasteiger charge is -2.37. The summed E-state index contributed by atoms with van der Waals surface area (Å²) in [5.74, 6) is 4.08. The van der Waals surface area contributed by atoms with Crippen molar-refractivity contribution in [2.45, 2.75) is 140 Å². The van der Waals surface area contributed by atoms with Crippen molar-refractivity contribution in [2.24, 2.45) is 11.3 Å². The van der Waals surface area contributed by atoms with Crippen LogP contribution in [0.15, 0.2) is 102 Å². The van der Waals surface area contributed by atoms with Crippen LogP contribution in [0.4, 0.5) is 5.69 Å². The molecule has 6 aromatic rings. The maximum Gasteiger partial charge on any atom is 0.324 e. The molecule has 6 heterocycles. The molecule has 6 bridgehead atoms. The second kappa shape index (κ2) is 26.0. The molecule has 3 saturated heterocycles. The van der Waals surface area contributed by atoms with Crippen molar-refractivity contribution in [2.75, 3.05) is 59.3 Å². The maximum atomic E-state index is 15.0. The Labute approximate surface area is 511 Å². The summed E-state index contributed by atoms with van der Waals surface area (Å²) >= 11 is 0. The van der Waals surface area contributed by atoms with E-state index in [1.807, 2.05) is 64.1 Å². The zero-order chi connectivity index (χ0) is 62.1. The molecule has 3 amide bonds. The van der Waals surface area contributed by atoms with Gasteiger partial charge in [0.2, 0.25) is 5.91 Å². The number of carbonyl (C=O) groups is 4. The Morgan fingerprint density at radius 3 is 2.46 bits per heavy atom. The summed E-state index contributed by atoms with van der Waals surface area (Å²) in [7, 11) is -0.268. The number of phenolic OH excluding ortho intramolecular Hbond substituents is 1. The molecule has 3 fully saturated rings. The number of nitrogens with two attached hydrogens (primary N) is 1. The quantitative estimate of drug-likeness (QED) is 0.0485. The molecule has 0 radical (unpaired) electrons. The van der Waals surface area contributed by atoms with E-state index >= 15 is 4.79 Å². The van der Waals surface area contributed by atoms with Crippen molar-refractivity contribution < 1.29 is 46.9 Å². The van der Waals surface area contributed by atoms with Crippen LogP contribution in [0.2, 0.25) is 0 Å². The van der Waals surface area contributed by atoms with Crippen LogP contribution in [-0.2, 0) is 62.6 Å². The van der Waals surface area contributed by atoms with E-state index < -0.39 is 68.6 Å². The van der Waals surface area contributed by atoms with Crippen molar-refractivity contribution in [3.05, 3.63) is 131 Å². The first kappa shape index (κ1) is 62.5. The number of nitrogen functional groups attached to an aromatic ring is 1. The van der Waals surface area contributed by atoms with Crippen LogP contribution in [0.1, 0.15) is 113 Å². The van der Waals surface area contributed by atoms with Crippen LogP contribution < -0.4 is 16.5 Å². The number of sulfone groups is 1. The number of phenols is 1. The summed E-state index contributed by atoms with van der Waals surface area (Å²) in [5.41, 5.74) is 18.0. The molecule has 10 rings (SSSR count). The number of likely N-dealkylation sites (N-methyl/N-ethyl adjacent to an activating group) is 1. The topological polar surface area (TPSA) is 228 Å². The highest BCUT2D eigenvalue weighted by Gasteiger charge is 2.43. The molecule has 2 aromatic heterocycles. The molecule has 18 nitrogen and oxygen atoms in total. The second-order valence-corrected chi connectivity index (χ2v) is 27.3. The average Bonchev–Trinajstić information content (AvgIpc) is 1.73. The molecular formula is C68H82N8O10S. The van der Waals surface area contributed by atoms with Crippen molar-refractivity contribution in [1.82, 2.24) is 35.1 Å². The zero-order valence-corrected chi connectivity index (χ0v) is 52.2. The van der Waals surface area contributed by atoms with Gasteiger partial charge in [-0.25, -0.2) is 13.8 Å². The molecule has 7 unspecified atom stereocenters. The van der Waals surface area contributed by atoms with Gasteiger partial charge in [0, 0.05) is 98.6 Å². The van der Waals surface area contributed by atoms with Gasteiger partial charge in [0.25, 0.3) is 11.8 Å². The van der Waals surface area contributed by atoms with Gasteiger partial charge in [0.05, 0.1) is 40.8 Å². The van der Waals surface area contributed by atoms with E-state index in [9.17, 15) is 27.9 Å². The molecule has 4 aliphatic heterocycles. The Hall–Kier alpha value is -7.60. The maximum absolute atomic E-state index is 15.0. The zero-order valence-electron chi connectivity index (χ0n) is 51.4. The van der Waals surface area contributed by atoms with Gasteiger partial charge in [-0.2, -0.15) is 0 Å². The molecule has 19 heteroatoms. The number of hydrazine groups is 1. The van der Waals surface area contributed by atoms with Gasteiger partial charge in [-0.15, -0.1) is 0 Å². The van der Waals surface area contributed by atoms with E-state index in [1.54, 1.807) is 56.8 Å². The molecule has 5 N–H and O–H groups in total. The summed E-state index contributed by atoms with van der Waals surface area (Å²) in [6.07, 6.45) is 2.89. The van der Waals surface area contributed by atoms with Gasteiger partial charge in [0.1, 0.15) is 30.0 Å². The highest BCUT2D eigenvalue weighted by Crippen LogP contribution is 2.43. The fourth-order valence-electron chi connectivity index (χ4n) is 13.0. The Morgan fingerprint density at radius 2 is 1.74 bits per heavy atom. The standard InChI is InChI=1S/C68H82N8O10S/c1-10-75-59-24-19-47-36-54(59)56(62(75)55-33-44(38-70-60(55)43(5)84-9)13-11-27-74-29-25-52(39-74)87(82,83)51-22-15-42(4)16-23-51)37-68(6,7)40-86-67(81)57-14-12-28-76(72-57)65(79)58(34-45-31-48(47)35-50(77)32-45)71-64(78)61(41(2)3)73(8)66(80)63-53(26-30-85-63)46-17-20-49(69)21-18-46/h15-24,31-33,35-36,38,41,43,52-53,57-58,61,63,72,77H,10,12,14,25-30,34,37,39-40,69H2,1-9H3,(H,71,78). The highest BCUT2D eigenvalue weighted by atomic mass is 32.2. The third kappa shape index (κ3) is 13.5. The minimum atomic E-state index is -3.51. The van der Waals surface area contributed by atoms with Crippen LogP contribution in [0, 0.1) is 30.1 Å². The van der Waals surface area contributed by atoms with E-state index in [-0.39, 0.29) is 43.1 Å². The van der Waals surface area contributed by atoms with Crippen LogP contribution >= 0.6 is 0 Å². The lowest BCUT2D eigenvalue weighted by molar-refractivity contribution is -0.155. The second-order valence-electron chi connectivity index (χ2n) is 25.1. The van der Waals surface area contributed by atoms with Crippen molar-refractivity contribution in [3.8, 4) is 40.0 Å². The SMILES string of the molecule is CCn1c(-c2cc(C#CCN3CCC(S(=O)(=O)c4ccc(C)cc4)C3)cnc2C(C)OC)c2c3cc(ccc31)-c1cc(O)cc(c1)CC(NC(=O)C(C(C)C)N(C)C(=O)C1OCCC1c1ccc(N)cc1)C(=O)N1CCCC(N1)C(=O)OCC(C)(C)C2. The van der Waals surface area contributed by atoms with E-state index in [0.717, 1.165) is 44.4 Å². The number of likely N-dealkylation sites (tertiary alicyclic amines) is 1. The fourth-order valence-corrected chi connectivity index (χ4v) is 14.7. The van der Waals surface area contributed by atoms with Gasteiger partial charge in [-0.05, 0) is 141 Å². The van der Waals surface area contributed by atoms with Crippen LogP contribution in [0.25, 0.3) is 33.3 Å². The highest BCUT2D eigenvalue weighted by molar-refractivity contribution is 7.92. The Kier molecular flexibility index (Phi) is 18.7. The number of rotatable bonds is 13. The summed E-state index contributed by atoms with van der Waals surface area (Å²) in [6, 6.07) is 24.7. The molecular weight excluding hydrogens is 1120 g/mol. The van der Waals surface area contributed by atoms with E-state index in [2.05, 4.69) is 71.0 Å². The number of anilines is 1. The van der Waals surface area contributed by atoms with Crippen LogP contribution in [0.5, 0.6) is 5.75 Å². The Bertz CT molecular complexity index is 3740. The summed E-state index contributed by atoms with van der Waals surface area (Å²) in [4.78, 5) is 67.5. The molecule has 7 atom stereocenters. The third-order valence-electron chi connectivity index (χ3n) is 17.7. The molecule has 0 aliphatic carbocycles. The number of nitrogens with zero attached hydrogens (tertiary/aromatic N) is 5. The predicted octanol–water partition coefficient (Wildman–Crippen LogP) is 8.30. The van der Waals surface area contributed by atoms with Gasteiger partial charge >= 0.3 is 5.97 Å². The summed E-state index contributed by atoms with van der Waals surface area (Å²) in [5, 5.41) is 16.4. The minimum Gasteiger partial charge on any atom is -0.508 e. The number of cyclic esters (lactones) is 1. The number of ether oxygens (including phenoxy) is 3. The summed E-state index contributed by atoms with van der Waals surface area (Å²) in [6.45, 7) is 16.4. The molecule has 4 aromatic carbocycles. The molecule has 460 valence electrons. The van der Waals surface area contributed by atoms with Gasteiger partial charge in [-0.3, -0.25) is 34.1 Å². The number of aryl methyl sites for hydroxylation is 2. The molecule has 0 saturated carbocycles. The van der Waals surface area contributed by atoms with Crippen molar-refractivity contribution >= 4 is 50.1 Å². The molecule has 4 aliphatic rings. The van der Waals surface area contributed by atoms with Crippen molar-refractivity contribution in [3.63, 3.8) is 0 Å². The predicted molar refractivity (Wildman–Crippen MR) is 335 cm³/mol. The number of benzene rings is 4. The Morgan fingerprint density at radius 1 is 0.977 bits per heavy atom. The largest absolute Gasteiger partial charge is 0.508 e. The smallest absolute Gasteiger partial charge is 0.324 e. The number of esters is 1. The third-order valence-corrected chi connectivity index (χ3v) is 19.9. The van der Waals surface area contributed by atoms with Crippen molar-refractivity contribution in [1.29, 1.82) is 0 Å². The van der Waals surface area contributed by atoms with Gasteiger partial charge in [0.15, 0.2) is 9.84 Å². The first-order valence-electron chi connectivity index (χ1n) is 30.4. The number of fused-ring (bicyclic) bond motifs is 6. The number of nitrogens with one attached hydrogen (secondary N) is 2. The lowest BCUT2D eigenvalue weighted by Crippen LogP contribution is -2.62.